The van der Waals surface area contributed by atoms with Crippen LogP contribution < -0.4 is 10.6 Å². The van der Waals surface area contributed by atoms with E-state index in [2.05, 4.69) is 45.3 Å². The smallest absolute Gasteiger partial charge is 0.224 e. The zero-order valence-electron chi connectivity index (χ0n) is 12.8. The van der Waals surface area contributed by atoms with Gasteiger partial charge >= 0.3 is 0 Å². The number of aryl methyl sites for hydroxylation is 1. The normalized spacial score (nSPS) is 17.6. The molecule has 116 valence electrons. The van der Waals surface area contributed by atoms with Crippen molar-refractivity contribution in [2.24, 2.45) is 5.92 Å². The molecule has 1 atom stereocenters. The number of hydrogen-bond donors (Lipinski definition) is 2. The molecule has 1 amide bonds. The first kappa shape index (κ1) is 15.2. The molecule has 1 saturated heterocycles. The molecular weight excluding hydrogens is 294 g/mol. The van der Waals surface area contributed by atoms with E-state index in [0.717, 1.165) is 42.2 Å². The molecule has 1 aliphatic heterocycles. The second-order valence-electron chi connectivity index (χ2n) is 5.68. The summed E-state index contributed by atoms with van der Waals surface area (Å²) in [5.41, 5.74) is 3.42. The van der Waals surface area contributed by atoms with E-state index in [-0.39, 0.29) is 11.8 Å². The van der Waals surface area contributed by atoms with Crippen LogP contribution in [0.5, 0.6) is 0 Å². The number of amides is 1. The predicted octanol–water partition coefficient (Wildman–Crippen LogP) is 2.39. The minimum Gasteiger partial charge on any atom is -0.355 e. The minimum absolute atomic E-state index is 0.148. The summed E-state index contributed by atoms with van der Waals surface area (Å²) in [5.74, 6) is 0.329. The van der Waals surface area contributed by atoms with Crippen LogP contribution in [-0.4, -0.2) is 30.5 Å². The van der Waals surface area contributed by atoms with E-state index in [1.54, 1.807) is 11.3 Å². The van der Waals surface area contributed by atoms with Crippen molar-refractivity contribution in [1.29, 1.82) is 0 Å². The van der Waals surface area contributed by atoms with E-state index < -0.39 is 0 Å². The zero-order chi connectivity index (χ0) is 15.4. The molecule has 0 bridgehead atoms. The van der Waals surface area contributed by atoms with Gasteiger partial charge in [0.1, 0.15) is 0 Å². The van der Waals surface area contributed by atoms with Crippen molar-refractivity contribution in [3.63, 3.8) is 0 Å². The fourth-order valence-electron chi connectivity index (χ4n) is 2.69. The third kappa shape index (κ3) is 3.72. The van der Waals surface area contributed by atoms with Crippen LogP contribution in [0.15, 0.2) is 29.6 Å². The van der Waals surface area contributed by atoms with Gasteiger partial charge in [-0.1, -0.05) is 24.3 Å². The van der Waals surface area contributed by atoms with Crippen molar-refractivity contribution in [2.75, 3.05) is 19.6 Å². The van der Waals surface area contributed by atoms with Gasteiger partial charge in [-0.25, -0.2) is 4.98 Å². The minimum atomic E-state index is 0.148. The molecule has 0 spiro atoms. The maximum absolute atomic E-state index is 11.9. The lowest BCUT2D eigenvalue weighted by molar-refractivity contribution is -0.124. The third-order valence-electron chi connectivity index (χ3n) is 4.01. The van der Waals surface area contributed by atoms with Gasteiger partial charge in [0.15, 0.2) is 0 Å². The van der Waals surface area contributed by atoms with Gasteiger partial charge < -0.3 is 10.6 Å². The van der Waals surface area contributed by atoms with Crippen molar-refractivity contribution in [3.05, 3.63) is 40.2 Å². The van der Waals surface area contributed by atoms with E-state index in [9.17, 15) is 4.79 Å². The number of thiazole rings is 1. The molecule has 4 nitrogen and oxygen atoms in total. The van der Waals surface area contributed by atoms with Gasteiger partial charge in [-0.2, -0.15) is 0 Å². The SMILES string of the molecule is Cc1nc(-c2ccc(CCNC(=O)C3CCNC3)cc2)cs1. The molecule has 2 heterocycles. The second kappa shape index (κ2) is 7.03. The number of carbonyl (C=O) groups is 1. The van der Waals surface area contributed by atoms with Gasteiger partial charge in [0.2, 0.25) is 5.91 Å². The summed E-state index contributed by atoms with van der Waals surface area (Å²) >= 11 is 1.67. The van der Waals surface area contributed by atoms with E-state index in [1.165, 1.54) is 5.56 Å². The van der Waals surface area contributed by atoms with Crippen LogP contribution in [-0.2, 0) is 11.2 Å². The Hall–Kier alpha value is -1.72. The summed E-state index contributed by atoms with van der Waals surface area (Å²) in [6, 6.07) is 8.44. The first-order valence-electron chi connectivity index (χ1n) is 7.72. The van der Waals surface area contributed by atoms with E-state index in [0.29, 0.717) is 6.54 Å². The number of rotatable bonds is 5. The molecule has 1 unspecified atom stereocenters. The van der Waals surface area contributed by atoms with Crippen LogP contribution in [0.2, 0.25) is 0 Å². The van der Waals surface area contributed by atoms with Crippen molar-refractivity contribution in [2.45, 2.75) is 19.8 Å². The third-order valence-corrected chi connectivity index (χ3v) is 4.79. The number of nitrogens with zero attached hydrogens (tertiary/aromatic N) is 1. The van der Waals surface area contributed by atoms with Crippen LogP contribution in [0.1, 0.15) is 17.0 Å². The molecule has 0 radical (unpaired) electrons. The van der Waals surface area contributed by atoms with Crippen molar-refractivity contribution in [1.82, 2.24) is 15.6 Å². The Morgan fingerprint density at radius 2 is 2.23 bits per heavy atom. The van der Waals surface area contributed by atoms with Gasteiger partial charge in [0.25, 0.3) is 0 Å². The molecule has 3 rings (SSSR count). The predicted molar refractivity (Wildman–Crippen MR) is 90.0 cm³/mol. The topological polar surface area (TPSA) is 54.0 Å². The highest BCUT2D eigenvalue weighted by Crippen LogP contribution is 2.21. The first-order valence-corrected chi connectivity index (χ1v) is 8.60. The summed E-state index contributed by atoms with van der Waals surface area (Å²) < 4.78 is 0. The fraction of sp³-hybridized carbons (Fsp3) is 0.412. The summed E-state index contributed by atoms with van der Waals surface area (Å²) in [4.78, 5) is 16.4. The number of carbonyl (C=O) groups excluding carboxylic acids is 1. The highest BCUT2D eigenvalue weighted by Gasteiger charge is 2.21. The van der Waals surface area contributed by atoms with Crippen molar-refractivity contribution in [3.8, 4) is 11.3 Å². The second-order valence-corrected chi connectivity index (χ2v) is 6.74. The van der Waals surface area contributed by atoms with Gasteiger partial charge in [-0.05, 0) is 31.9 Å². The molecule has 1 fully saturated rings. The molecule has 2 aromatic rings. The highest BCUT2D eigenvalue weighted by molar-refractivity contribution is 7.09. The molecule has 5 heteroatoms. The van der Waals surface area contributed by atoms with Crippen molar-refractivity contribution >= 4 is 17.2 Å². The van der Waals surface area contributed by atoms with Crippen molar-refractivity contribution < 1.29 is 4.79 Å². The lowest BCUT2D eigenvalue weighted by Gasteiger charge is -2.10. The van der Waals surface area contributed by atoms with Gasteiger partial charge in [0, 0.05) is 24.0 Å². The van der Waals surface area contributed by atoms with E-state index in [1.807, 2.05) is 6.92 Å². The van der Waals surface area contributed by atoms with Gasteiger partial charge in [0.05, 0.1) is 16.6 Å². The van der Waals surface area contributed by atoms with Gasteiger partial charge in [-0.3, -0.25) is 4.79 Å². The maximum atomic E-state index is 11.9. The lowest BCUT2D eigenvalue weighted by atomic mass is 10.1. The first-order chi connectivity index (χ1) is 10.7. The number of benzene rings is 1. The van der Waals surface area contributed by atoms with E-state index >= 15 is 0 Å². The average molecular weight is 315 g/mol. The lowest BCUT2D eigenvalue weighted by Crippen LogP contribution is -2.33. The Labute approximate surface area is 135 Å². The Balaban J connectivity index is 1.50. The average Bonchev–Trinajstić information content (AvgIpc) is 3.19. The molecule has 1 aromatic carbocycles. The number of aromatic nitrogens is 1. The number of hydrogen-bond acceptors (Lipinski definition) is 4. The standard InChI is InChI=1S/C17H21N3OS/c1-12-20-16(11-22-12)14-4-2-13(3-5-14)6-9-19-17(21)15-7-8-18-10-15/h2-5,11,15,18H,6-10H2,1H3,(H,19,21). The Morgan fingerprint density at radius 1 is 1.41 bits per heavy atom. The molecule has 0 saturated carbocycles. The summed E-state index contributed by atoms with van der Waals surface area (Å²) in [6.45, 7) is 4.48. The highest BCUT2D eigenvalue weighted by atomic mass is 32.1. The summed E-state index contributed by atoms with van der Waals surface area (Å²) in [7, 11) is 0. The number of nitrogens with one attached hydrogen (secondary N) is 2. The Kier molecular flexibility index (Phi) is 4.85. The molecule has 1 aromatic heterocycles. The summed E-state index contributed by atoms with van der Waals surface area (Å²) in [5, 5.41) is 9.42. The van der Waals surface area contributed by atoms with Gasteiger partial charge in [-0.15, -0.1) is 11.3 Å². The summed E-state index contributed by atoms with van der Waals surface area (Å²) in [6.07, 6.45) is 1.82. The molecule has 1 aliphatic rings. The van der Waals surface area contributed by atoms with Crippen LogP contribution in [0.4, 0.5) is 0 Å². The van der Waals surface area contributed by atoms with E-state index in [4.69, 9.17) is 0 Å². The maximum Gasteiger partial charge on any atom is 0.224 e. The Bertz CT molecular complexity index is 630. The molecule has 0 aliphatic carbocycles. The zero-order valence-corrected chi connectivity index (χ0v) is 13.6. The molecule has 2 N–H and O–H groups in total. The Morgan fingerprint density at radius 3 is 2.86 bits per heavy atom. The fourth-order valence-corrected chi connectivity index (χ4v) is 3.31. The van der Waals surface area contributed by atoms with Crippen LogP contribution in [0, 0.1) is 12.8 Å². The van der Waals surface area contributed by atoms with Crippen LogP contribution in [0.25, 0.3) is 11.3 Å². The molecule has 22 heavy (non-hydrogen) atoms. The molecular formula is C17H21N3OS. The quantitative estimate of drug-likeness (QED) is 0.891. The monoisotopic (exact) mass is 315 g/mol. The van der Waals surface area contributed by atoms with Crippen LogP contribution in [0.3, 0.4) is 0 Å². The largest absolute Gasteiger partial charge is 0.355 e. The van der Waals surface area contributed by atoms with Crippen LogP contribution >= 0.6 is 11.3 Å².